The van der Waals surface area contributed by atoms with Crippen LogP contribution in [-0.2, 0) is 19.0 Å². The molecule has 4 atom stereocenters. The minimum absolute atomic E-state index is 0.319. The second-order valence-electron chi connectivity index (χ2n) is 4.96. The first-order chi connectivity index (χ1) is 11.4. The van der Waals surface area contributed by atoms with Gasteiger partial charge in [0.15, 0.2) is 12.8 Å². The van der Waals surface area contributed by atoms with E-state index in [-0.39, 0.29) is 5.75 Å². The third-order valence-electron chi connectivity index (χ3n) is 3.55. The molecule has 0 amide bonds. The topological polar surface area (TPSA) is 149 Å². The van der Waals surface area contributed by atoms with Gasteiger partial charge in [-0.2, -0.15) is 0 Å². The molecular weight excluding hydrogens is 328 g/mol. The Morgan fingerprint density at radius 1 is 1.42 bits per heavy atom. The van der Waals surface area contributed by atoms with Crippen LogP contribution in [0.2, 0.25) is 0 Å². The van der Waals surface area contributed by atoms with E-state index in [1.165, 1.54) is 7.11 Å². The van der Waals surface area contributed by atoms with Crippen molar-refractivity contribution in [2.75, 3.05) is 27.4 Å². The zero-order chi connectivity index (χ0) is 17.9. The summed E-state index contributed by atoms with van der Waals surface area (Å²) in [7, 11) is 2.46. The molecule has 1 aliphatic rings. The van der Waals surface area contributed by atoms with Crippen molar-refractivity contribution in [3.8, 4) is 5.75 Å². The Morgan fingerprint density at radius 3 is 2.71 bits per heavy atom. The number of rotatable bonds is 6. The fourth-order valence-electron chi connectivity index (χ4n) is 2.30. The molecule has 1 aromatic rings. The Morgan fingerprint density at radius 2 is 2.12 bits per heavy atom. The van der Waals surface area contributed by atoms with Gasteiger partial charge in [0.05, 0.1) is 19.9 Å². The highest BCUT2D eigenvalue weighted by Gasteiger charge is 2.45. The molecule has 0 saturated carbocycles. The number of ether oxygens (including phenoxy) is 4. The number of hydrogen-bond donors (Lipinski definition) is 3. The summed E-state index contributed by atoms with van der Waals surface area (Å²) >= 11 is 0. The van der Waals surface area contributed by atoms with E-state index in [0.717, 1.165) is 17.9 Å². The van der Waals surface area contributed by atoms with Gasteiger partial charge in [0.25, 0.3) is 5.56 Å². The summed E-state index contributed by atoms with van der Waals surface area (Å²) in [5.74, 6) is -1.03. The van der Waals surface area contributed by atoms with Crippen molar-refractivity contribution in [2.24, 2.45) is 0 Å². The van der Waals surface area contributed by atoms with Gasteiger partial charge in [0.1, 0.15) is 18.3 Å². The number of H-pyrrole nitrogens is 1. The molecule has 134 valence electrons. The molecule has 11 nitrogen and oxygen atoms in total. The van der Waals surface area contributed by atoms with Crippen molar-refractivity contribution in [2.45, 2.75) is 24.5 Å². The lowest BCUT2D eigenvalue weighted by Crippen LogP contribution is -2.39. The van der Waals surface area contributed by atoms with Crippen LogP contribution in [0.4, 0.5) is 0 Å². The number of aromatic nitrogens is 2. The van der Waals surface area contributed by atoms with Crippen LogP contribution in [0.25, 0.3) is 0 Å². The zero-order valence-electron chi connectivity index (χ0n) is 13.0. The lowest BCUT2D eigenvalue weighted by Gasteiger charge is -2.20. The van der Waals surface area contributed by atoms with Crippen molar-refractivity contribution in [1.29, 1.82) is 0 Å². The largest absolute Gasteiger partial charge is 0.475 e. The van der Waals surface area contributed by atoms with Gasteiger partial charge >= 0.3 is 11.7 Å². The molecule has 3 N–H and O–H groups in total. The molecule has 2 heterocycles. The first kappa shape index (κ1) is 18.1. The average molecular weight is 346 g/mol. The lowest BCUT2D eigenvalue weighted by atomic mass is 10.1. The fraction of sp³-hybridized carbons (Fsp3) is 0.615. The summed E-state index contributed by atoms with van der Waals surface area (Å²) in [6.45, 7) is -1.01. The molecule has 0 aromatic carbocycles. The van der Waals surface area contributed by atoms with E-state index < -0.39 is 55.0 Å². The van der Waals surface area contributed by atoms with E-state index in [2.05, 4.69) is 4.74 Å². The molecule has 0 spiro atoms. The van der Waals surface area contributed by atoms with Crippen molar-refractivity contribution in [3.63, 3.8) is 0 Å². The molecule has 0 aliphatic carbocycles. The minimum Gasteiger partial charge on any atom is -0.475 e. The molecule has 0 unspecified atom stereocenters. The molecule has 0 radical (unpaired) electrons. The minimum atomic E-state index is -1.18. The van der Waals surface area contributed by atoms with Crippen LogP contribution in [-0.4, -0.2) is 71.5 Å². The maximum Gasteiger partial charge on any atom is 0.343 e. The van der Waals surface area contributed by atoms with Crippen molar-refractivity contribution in [1.82, 2.24) is 9.55 Å². The molecule has 24 heavy (non-hydrogen) atoms. The van der Waals surface area contributed by atoms with Crippen LogP contribution in [0.5, 0.6) is 5.75 Å². The number of carbonyl (C=O) groups is 1. The third-order valence-corrected chi connectivity index (χ3v) is 3.55. The predicted molar refractivity (Wildman–Crippen MR) is 76.6 cm³/mol. The number of methoxy groups -OCH3 is 2. The smallest absolute Gasteiger partial charge is 0.343 e. The molecule has 1 aromatic heterocycles. The highest BCUT2D eigenvalue weighted by atomic mass is 16.6. The van der Waals surface area contributed by atoms with E-state index in [1.54, 1.807) is 0 Å². The van der Waals surface area contributed by atoms with Gasteiger partial charge in [0.2, 0.25) is 5.75 Å². The third kappa shape index (κ3) is 3.48. The van der Waals surface area contributed by atoms with Gasteiger partial charge in [-0.15, -0.1) is 0 Å². The maximum atomic E-state index is 12.0. The van der Waals surface area contributed by atoms with E-state index in [9.17, 15) is 24.6 Å². The highest BCUT2D eigenvalue weighted by Crippen LogP contribution is 2.30. The van der Waals surface area contributed by atoms with Crippen LogP contribution in [0, 0.1) is 0 Å². The number of nitrogens with zero attached hydrogens (tertiary/aromatic N) is 1. The molecule has 1 fully saturated rings. The van der Waals surface area contributed by atoms with E-state index in [4.69, 9.17) is 14.2 Å². The average Bonchev–Trinajstić information content (AvgIpc) is 2.89. The number of aliphatic hydroxyl groups excluding tert-OH is 2. The summed E-state index contributed by atoms with van der Waals surface area (Å²) in [5.41, 5.74) is -1.67. The summed E-state index contributed by atoms with van der Waals surface area (Å²) in [6, 6.07) is 0. The SMILES string of the molecule is COC(=O)COc1cn([C@@H]2O[C@H](CO)[C@@H](O)[C@H]2OC)c(=O)[nH]c1=O. The van der Waals surface area contributed by atoms with Gasteiger partial charge < -0.3 is 29.2 Å². The van der Waals surface area contributed by atoms with Crippen LogP contribution in [0.1, 0.15) is 6.23 Å². The molecule has 1 saturated heterocycles. The second-order valence-corrected chi connectivity index (χ2v) is 4.96. The number of esters is 1. The lowest BCUT2D eigenvalue weighted by molar-refractivity contribution is -0.142. The van der Waals surface area contributed by atoms with Crippen molar-refractivity contribution in [3.05, 3.63) is 27.0 Å². The molecule has 11 heteroatoms. The van der Waals surface area contributed by atoms with Gasteiger partial charge in [-0.05, 0) is 0 Å². The van der Waals surface area contributed by atoms with Gasteiger partial charge in [-0.25, -0.2) is 9.59 Å². The summed E-state index contributed by atoms with van der Waals surface area (Å²) in [6.07, 6.45) is -3.17. The second kappa shape index (κ2) is 7.57. The Bertz CT molecular complexity index is 697. The quantitative estimate of drug-likeness (QED) is 0.470. The number of carbonyl (C=O) groups excluding carboxylic acids is 1. The summed E-state index contributed by atoms with van der Waals surface area (Å²) in [5, 5.41) is 19.2. The first-order valence-corrected chi connectivity index (χ1v) is 6.95. The fourth-order valence-corrected chi connectivity index (χ4v) is 2.30. The van der Waals surface area contributed by atoms with Gasteiger partial charge in [-0.3, -0.25) is 14.3 Å². The number of nitrogens with one attached hydrogen (secondary N) is 1. The Balaban J connectivity index is 2.34. The van der Waals surface area contributed by atoms with E-state index in [0.29, 0.717) is 0 Å². The zero-order valence-corrected chi connectivity index (χ0v) is 13.0. The van der Waals surface area contributed by atoms with Crippen molar-refractivity contribution < 1.29 is 34.0 Å². The highest BCUT2D eigenvalue weighted by molar-refractivity contribution is 5.70. The van der Waals surface area contributed by atoms with Crippen LogP contribution < -0.4 is 16.0 Å². The molecule has 1 aliphatic heterocycles. The van der Waals surface area contributed by atoms with Crippen LogP contribution in [0.3, 0.4) is 0 Å². The number of aromatic amines is 1. The Labute approximate surface area is 135 Å². The van der Waals surface area contributed by atoms with Crippen LogP contribution >= 0.6 is 0 Å². The van der Waals surface area contributed by atoms with Crippen molar-refractivity contribution >= 4 is 5.97 Å². The molecule has 2 rings (SSSR count). The van der Waals surface area contributed by atoms with E-state index in [1.807, 2.05) is 4.98 Å². The standard InChI is InChI=1S/C13H18N2O9/c1-21-8(17)5-23-6-3-15(13(20)14-11(6)19)12-10(22-2)9(18)7(4-16)24-12/h3,7,9-10,12,16,18H,4-5H2,1-2H3,(H,14,19,20)/t7-,9-,10-,12-/m1/s1. The van der Waals surface area contributed by atoms with Crippen LogP contribution in [0.15, 0.2) is 15.8 Å². The predicted octanol–water partition coefficient (Wildman–Crippen LogP) is -2.65. The molecular formula is C13H18N2O9. The Kier molecular flexibility index (Phi) is 5.72. The van der Waals surface area contributed by atoms with E-state index >= 15 is 0 Å². The number of hydrogen-bond acceptors (Lipinski definition) is 9. The number of aliphatic hydroxyl groups is 2. The normalized spacial score (nSPS) is 26.3. The van der Waals surface area contributed by atoms with Gasteiger partial charge in [-0.1, -0.05) is 0 Å². The van der Waals surface area contributed by atoms with Gasteiger partial charge in [0, 0.05) is 7.11 Å². The Hall–Kier alpha value is -2.21. The summed E-state index contributed by atoms with van der Waals surface area (Å²) in [4.78, 5) is 36.9. The maximum absolute atomic E-state index is 12.0. The monoisotopic (exact) mass is 346 g/mol. The first-order valence-electron chi connectivity index (χ1n) is 6.95. The summed E-state index contributed by atoms with van der Waals surface area (Å²) < 4.78 is 20.9. The molecule has 0 bridgehead atoms.